The minimum Gasteiger partial charge on any atom is -0.486 e. The predicted molar refractivity (Wildman–Crippen MR) is 116 cm³/mol. The monoisotopic (exact) mass is 423 g/mol. The van der Waals surface area contributed by atoms with Crippen LogP contribution >= 0.6 is 0 Å². The van der Waals surface area contributed by atoms with Crippen molar-refractivity contribution in [3.05, 3.63) is 65.5 Å². The number of nitrogens with one attached hydrogen (secondary N) is 2. The number of aryl methyl sites for hydroxylation is 2. The Hall–Kier alpha value is -3.19. The number of rotatable bonds is 6. The van der Waals surface area contributed by atoms with Crippen molar-refractivity contribution < 1.29 is 18.3 Å². The van der Waals surface area contributed by atoms with Gasteiger partial charge in [-0.25, -0.2) is 8.78 Å². The number of aromatic amines is 1. The zero-order chi connectivity index (χ0) is 21.4. The summed E-state index contributed by atoms with van der Waals surface area (Å²) >= 11 is 0. The van der Waals surface area contributed by atoms with Crippen molar-refractivity contribution in [1.29, 1.82) is 0 Å². The first-order valence-corrected chi connectivity index (χ1v) is 10.4. The lowest BCUT2D eigenvalue weighted by Gasteiger charge is -2.27. The normalized spacial score (nSPS) is 15.6. The van der Waals surface area contributed by atoms with Gasteiger partial charge in [0.05, 0.1) is 11.0 Å². The molecule has 2 aromatic heterocycles. The van der Waals surface area contributed by atoms with Crippen LogP contribution in [0.3, 0.4) is 0 Å². The summed E-state index contributed by atoms with van der Waals surface area (Å²) in [4.78, 5) is 7.45. The molecule has 1 aliphatic heterocycles. The summed E-state index contributed by atoms with van der Waals surface area (Å²) in [5, 5.41) is 4.95. The predicted octanol–water partition coefficient (Wildman–Crippen LogP) is 4.66. The van der Waals surface area contributed by atoms with Crippen molar-refractivity contribution in [3.63, 3.8) is 0 Å². The van der Waals surface area contributed by atoms with Gasteiger partial charge in [-0.15, -0.1) is 0 Å². The van der Waals surface area contributed by atoms with E-state index < -0.39 is 11.6 Å². The SMILES string of the molecule is Cc1ccc2c3c(ccc2n1)OC[C@H](CNCCCc1c[nH]c2c(F)cc(F)cc12)O3. The average molecular weight is 423 g/mol. The Balaban J connectivity index is 1.16. The molecule has 0 amide bonds. The molecule has 1 aliphatic rings. The number of hydrogen-bond acceptors (Lipinski definition) is 4. The molecule has 2 N–H and O–H groups in total. The zero-order valence-electron chi connectivity index (χ0n) is 17.2. The summed E-state index contributed by atoms with van der Waals surface area (Å²) < 4.78 is 39.4. The van der Waals surface area contributed by atoms with Crippen LogP contribution in [0, 0.1) is 18.6 Å². The van der Waals surface area contributed by atoms with E-state index in [2.05, 4.69) is 15.3 Å². The molecule has 0 saturated carbocycles. The molecule has 0 saturated heterocycles. The van der Waals surface area contributed by atoms with Crippen LogP contribution in [0.25, 0.3) is 21.8 Å². The van der Waals surface area contributed by atoms with Crippen LogP contribution in [0.2, 0.25) is 0 Å². The van der Waals surface area contributed by atoms with E-state index >= 15 is 0 Å². The van der Waals surface area contributed by atoms with E-state index in [9.17, 15) is 8.78 Å². The molecule has 5 nitrogen and oxygen atoms in total. The maximum absolute atomic E-state index is 13.8. The second-order valence-corrected chi connectivity index (χ2v) is 7.89. The van der Waals surface area contributed by atoms with Gasteiger partial charge in [-0.2, -0.15) is 0 Å². The highest BCUT2D eigenvalue weighted by atomic mass is 19.1. The van der Waals surface area contributed by atoms with E-state index in [-0.39, 0.29) is 6.10 Å². The smallest absolute Gasteiger partial charge is 0.171 e. The van der Waals surface area contributed by atoms with Gasteiger partial charge < -0.3 is 19.8 Å². The number of hydrogen-bond donors (Lipinski definition) is 2. The fourth-order valence-corrected chi connectivity index (χ4v) is 4.06. The number of benzene rings is 2. The molecule has 7 heteroatoms. The van der Waals surface area contributed by atoms with Crippen LogP contribution in [-0.2, 0) is 6.42 Å². The molecule has 0 aliphatic carbocycles. The van der Waals surface area contributed by atoms with Crippen LogP contribution < -0.4 is 14.8 Å². The van der Waals surface area contributed by atoms with E-state index in [1.54, 1.807) is 6.20 Å². The van der Waals surface area contributed by atoms with E-state index in [0.29, 0.717) is 24.1 Å². The number of fused-ring (bicyclic) bond motifs is 4. The van der Waals surface area contributed by atoms with E-state index in [1.165, 1.54) is 6.07 Å². The van der Waals surface area contributed by atoms with Crippen molar-refractivity contribution in [3.8, 4) is 11.5 Å². The van der Waals surface area contributed by atoms with Gasteiger partial charge in [0.15, 0.2) is 11.5 Å². The molecule has 2 aromatic carbocycles. The molecule has 160 valence electrons. The van der Waals surface area contributed by atoms with Gasteiger partial charge in [0.25, 0.3) is 0 Å². The second-order valence-electron chi connectivity index (χ2n) is 7.89. The lowest BCUT2D eigenvalue weighted by molar-refractivity contribution is 0.0925. The first-order valence-electron chi connectivity index (χ1n) is 10.4. The number of nitrogens with zero attached hydrogens (tertiary/aromatic N) is 1. The van der Waals surface area contributed by atoms with Crippen LogP contribution in [0.15, 0.2) is 42.6 Å². The maximum atomic E-state index is 13.8. The summed E-state index contributed by atoms with van der Waals surface area (Å²) in [6, 6.07) is 10.1. The van der Waals surface area contributed by atoms with Gasteiger partial charge >= 0.3 is 0 Å². The summed E-state index contributed by atoms with van der Waals surface area (Å²) in [7, 11) is 0. The Kier molecular flexibility index (Phi) is 5.19. The van der Waals surface area contributed by atoms with Gasteiger partial charge in [0, 0.05) is 35.3 Å². The fourth-order valence-electron chi connectivity index (χ4n) is 4.06. The van der Waals surface area contributed by atoms with Crippen molar-refractivity contribution in [2.45, 2.75) is 25.9 Å². The molecule has 0 spiro atoms. The number of ether oxygens (including phenoxy) is 2. The molecule has 3 heterocycles. The lowest BCUT2D eigenvalue weighted by Crippen LogP contribution is -2.38. The number of aromatic nitrogens is 2. The largest absolute Gasteiger partial charge is 0.486 e. The minimum atomic E-state index is -0.563. The third-order valence-electron chi connectivity index (χ3n) is 5.60. The topological polar surface area (TPSA) is 59.2 Å². The highest BCUT2D eigenvalue weighted by molar-refractivity contribution is 5.88. The van der Waals surface area contributed by atoms with Crippen molar-refractivity contribution in [1.82, 2.24) is 15.3 Å². The molecule has 31 heavy (non-hydrogen) atoms. The van der Waals surface area contributed by atoms with Crippen molar-refractivity contribution >= 4 is 21.8 Å². The van der Waals surface area contributed by atoms with Gasteiger partial charge in [-0.1, -0.05) is 0 Å². The van der Waals surface area contributed by atoms with E-state index in [4.69, 9.17) is 9.47 Å². The summed E-state index contributed by atoms with van der Waals surface area (Å²) in [5.41, 5.74) is 3.12. The molecular formula is C24H23F2N3O2. The first-order chi connectivity index (χ1) is 15.1. The molecule has 0 unspecified atom stereocenters. The van der Waals surface area contributed by atoms with Crippen LogP contribution in [0.5, 0.6) is 11.5 Å². The van der Waals surface area contributed by atoms with Crippen LogP contribution in [-0.4, -0.2) is 35.8 Å². The van der Waals surface area contributed by atoms with Gasteiger partial charge in [-0.05, 0) is 62.2 Å². The Morgan fingerprint density at radius 3 is 2.97 bits per heavy atom. The lowest BCUT2D eigenvalue weighted by atomic mass is 10.1. The third kappa shape index (κ3) is 3.93. The van der Waals surface area contributed by atoms with Crippen molar-refractivity contribution in [2.75, 3.05) is 19.7 Å². The minimum absolute atomic E-state index is 0.101. The summed E-state index contributed by atoms with van der Waals surface area (Å²) in [6.45, 7) is 3.85. The van der Waals surface area contributed by atoms with E-state index in [0.717, 1.165) is 59.1 Å². The second kappa shape index (κ2) is 8.15. The van der Waals surface area contributed by atoms with Crippen LogP contribution in [0.4, 0.5) is 8.78 Å². The van der Waals surface area contributed by atoms with Crippen molar-refractivity contribution in [2.24, 2.45) is 0 Å². The summed E-state index contributed by atoms with van der Waals surface area (Å²) in [6.07, 6.45) is 3.21. The Bertz CT molecular complexity index is 1250. The Morgan fingerprint density at radius 2 is 2.06 bits per heavy atom. The quantitative estimate of drug-likeness (QED) is 0.443. The molecule has 0 bridgehead atoms. The number of halogens is 2. The van der Waals surface area contributed by atoms with Gasteiger partial charge in [0.1, 0.15) is 24.3 Å². The molecule has 0 radical (unpaired) electrons. The maximum Gasteiger partial charge on any atom is 0.171 e. The average Bonchev–Trinajstić information content (AvgIpc) is 3.16. The number of pyridine rings is 1. The van der Waals surface area contributed by atoms with E-state index in [1.807, 2.05) is 31.2 Å². The molecule has 4 aromatic rings. The number of H-pyrrole nitrogens is 1. The highest BCUT2D eigenvalue weighted by Gasteiger charge is 2.23. The first kappa shape index (κ1) is 19.8. The Labute approximate surface area is 178 Å². The fraction of sp³-hybridized carbons (Fsp3) is 0.292. The molecular weight excluding hydrogens is 400 g/mol. The zero-order valence-corrected chi connectivity index (χ0v) is 17.2. The third-order valence-corrected chi connectivity index (χ3v) is 5.60. The molecule has 5 rings (SSSR count). The Morgan fingerprint density at radius 1 is 1.16 bits per heavy atom. The molecule has 0 fully saturated rings. The van der Waals surface area contributed by atoms with Gasteiger partial charge in [0.2, 0.25) is 0 Å². The summed E-state index contributed by atoms with van der Waals surface area (Å²) in [5.74, 6) is 0.364. The van der Waals surface area contributed by atoms with Crippen LogP contribution in [0.1, 0.15) is 17.7 Å². The standard InChI is InChI=1S/C24H23F2N3O2/c1-14-4-5-18-21(29-14)6-7-22-24(18)31-17(13-30-22)12-27-8-2-3-15-11-28-23-19(15)9-16(25)10-20(23)26/h4-7,9-11,17,27-28H,2-3,8,12-13H2,1H3/t17-/m0/s1. The highest BCUT2D eigenvalue weighted by Crippen LogP contribution is 2.38. The molecule has 1 atom stereocenters. The van der Waals surface area contributed by atoms with Gasteiger partial charge in [-0.3, -0.25) is 4.98 Å².